The van der Waals surface area contributed by atoms with Gasteiger partial charge >= 0.3 is 5.97 Å². The fraction of sp³-hybridized carbons (Fsp3) is 0.333. The van der Waals surface area contributed by atoms with Crippen molar-refractivity contribution >= 4 is 5.97 Å². The predicted octanol–water partition coefficient (Wildman–Crippen LogP) is 2.03. The fourth-order valence-corrected chi connectivity index (χ4v) is 1.65. The van der Waals surface area contributed by atoms with Crippen molar-refractivity contribution in [3.63, 3.8) is 0 Å². The van der Waals surface area contributed by atoms with Gasteiger partial charge in [0.15, 0.2) is 0 Å². The molecule has 1 aromatic carbocycles. The monoisotopic (exact) mass is 201 g/mol. The standard InChI is InChI=1S/C12H11NO2/c1-15-11(14)9-3-2-4-10(7-9)12(8-13)5-6-12/h2-4,7H,5-6H2,1H3. The van der Waals surface area contributed by atoms with E-state index in [1.54, 1.807) is 18.2 Å². The highest BCUT2D eigenvalue weighted by Gasteiger charge is 2.44. The largest absolute Gasteiger partial charge is 0.465 e. The number of benzene rings is 1. The highest BCUT2D eigenvalue weighted by molar-refractivity contribution is 5.89. The SMILES string of the molecule is COC(=O)c1cccc(C2(C#N)CC2)c1. The first-order valence-electron chi connectivity index (χ1n) is 4.82. The molecule has 1 saturated carbocycles. The third kappa shape index (κ3) is 1.59. The van der Waals surface area contributed by atoms with E-state index in [4.69, 9.17) is 5.26 Å². The maximum atomic E-state index is 11.3. The third-order valence-electron chi connectivity index (χ3n) is 2.80. The number of hydrogen-bond donors (Lipinski definition) is 0. The van der Waals surface area contributed by atoms with Crippen molar-refractivity contribution < 1.29 is 9.53 Å². The first kappa shape index (κ1) is 9.72. The summed E-state index contributed by atoms with van der Waals surface area (Å²) < 4.78 is 4.64. The highest BCUT2D eigenvalue weighted by Crippen LogP contribution is 2.47. The molecule has 1 aliphatic rings. The molecule has 1 aliphatic carbocycles. The summed E-state index contributed by atoms with van der Waals surface area (Å²) in [5, 5.41) is 9.03. The average Bonchev–Trinajstić information content (AvgIpc) is 3.09. The molecular weight excluding hydrogens is 190 g/mol. The molecule has 3 heteroatoms. The first-order valence-corrected chi connectivity index (χ1v) is 4.82. The van der Waals surface area contributed by atoms with Crippen LogP contribution in [0.1, 0.15) is 28.8 Å². The molecule has 3 nitrogen and oxygen atoms in total. The van der Waals surface area contributed by atoms with Gasteiger partial charge in [0.2, 0.25) is 0 Å². The Labute approximate surface area is 88.3 Å². The quantitative estimate of drug-likeness (QED) is 0.688. The van der Waals surface area contributed by atoms with Gasteiger partial charge in [-0.1, -0.05) is 12.1 Å². The van der Waals surface area contributed by atoms with Crippen LogP contribution in [-0.2, 0) is 10.2 Å². The summed E-state index contributed by atoms with van der Waals surface area (Å²) in [5.74, 6) is -0.356. The lowest BCUT2D eigenvalue weighted by atomic mass is 9.96. The van der Waals surface area contributed by atoms with Crippen LogP contribution in [0.25, 0.3) is 0 Å². The second kappa shape index (κ2) is 3.39. The minimum absolute atomic E-state index is 0.343. The van der Waals surface area contributed by atoms with Gasteiger partial charge in [-0.15, -0.1) is 0 Å². The summed E-state index contributed by atoms with van der Waals surface area (Å²) in [6.45, 7) is 0. The molecule has 0 aliphatic heterocycles. The van der Waals surface area contributed by atoms with Gasteiger partial charge in [-0.05, 0) is 30.5 Å². The van der Waals surface area contributed by atoms with E-state index in [1.165, 1.54) is 7.11 Å². The van der Waals surface area contributed by atoms with Crippen molar-refractivity contribution in [3.05, 3.63) is 35.4 Å². The van der Waals surface area contributed by atoms with Gasteiger partial charge in [0.25, 0.3) is 0 Å². The normalized spacial score (nSPS) is 16.5. The summed E-state index contributed by atoms with van der Waals surface area (Å²) in [5.41, 5.74) is 1.09. The van der Waals surface area contributed by atoms with E-state index in [2.05, 4.69) is 10.8 Å². The Balaban J connectivity index is 2.36. The molecular formula is C12H11NO2. The lowest BCUT2D eigenvalue weighted by Crippen LogP contribution is -2.06. The van der Waals surface area contributed by atoms with Crippen molar-refractivity contribution in [1.29, 1.82) is 5.26 Å². The topological polar surface area (TPSA) is 50.1 Å². The number of carbonyl (C=O) groups is 1. The molecule has 1 fully saturated rings. The lowest BCUT2D eigenvalue weighted by molar-refractivity contribution is 0.0600. The Morgan fingerprint density at radius 3 is 2.80 bits per heavy atom. The van der Waals surface area contributed by atoms with E-state index in [1.807, 2.05) is 6.07 Å². The molecule has 0 radical (unpaired) electrons. The van der Waals surface area contributed by atoms with Crippen molar-refractivity contribution in [2.24, 2.45) is 0 Å². The van der Waals surface area contributed by atoms with Crippen LogP contribution in [0.15, 0.2) is 24.3 Å². The van der Waals surface area contributed by atoms with Crippen LogP contribution in [0, 0.1) is 11.3 Å². The van der Waals surface area contributed by atoms with Gasteiger partial charge in [-0.3, -0.25) is 0 Å². The van der Waals surface area contributed by atoms with Gasteiger partial charge < -0.3 is 4.74 Å². The van der Waals surface area contributed by atoms with Crippen molar-refractivity contribution in [3.8, 4) is 6.07 Å². The number of nitriles is 1. The molecule has 0 bridgehead atoms. The van der Waals surface area contributed by atoms with Crippen LogP contribution in [-0.4, -0.2) is 13.1 Å². The second-order valence-corrected chi connectivity index (χ2v) is 3.77. The maximum Gasteiger partial charge on any atom is 0.337 e. The van der Waals surface area contributed by atoms with Crippen molar-refractivity contribution in [2.45, 2.75) is 18.3 Å². The Kier molecular flexibility index (Phi) is 2.20. The fourth-order valence-electron chi connectivity index (χ4n) is 1.65. The molecule has 0 aromatic heterocycles. The molecule has 76 valence electrons. The average molecular weight is 201 g/mol. The molecule has 2 rings (SSSR count). The molecule has 1 aromatic rings. The molecule has 0 unspecified atom stereocenters. The summed E-state index contributed by atoms with van der Waals surface area (Å²) in [4.78, 5) is 11.3. The van der Waals surface area contributed by atoms with Crippen LogP contribution in [0.5, 0.6) is 0 Å². The smallest absolute Gasteiger partial charge is 0.337 e. The van der Waals surface area contributed by atoms with Crippen LogP contribution >= 0.6 is 0 Å². The van der Waals surface area contributed by atoms with E-state index in [9.17, 15) is 4.79 Å². The van der Waals surface area contributed by atoms with Gasteiger partial charge in [-0.2, -0.15) is 5.26 Å². The van der Waals surface area contributed by atoms with E-state index in [0.29, 0.717) is 5.56 Å². The number of esters is 1. The number of carbonyl (C=O) groups excluding carboxylic acids is 1. The molecule has 0 amide bonds. The Morgan fingerprint density at radius 1 is 1.53 bits per heavy atom. The summed E-state index contributed by atoms with van der Waals surface area (Å²) in [6, 6.07) is 9.43. The van der Waals surface area contributed by atoms with Gasteiger partial charge in [0.1, 0.15) is 0 Å². The lowest BCUT2D eigenvalue weighted by Gasteiger charge is -2.07. The number of hydrogen-bond acceptors (Lipinski definition) is 3. The second-order valence-electron chi connectivity index (χ2n) is 3.77. The number of ether oxygens (including phenoxy) is 1. The van der Waals surface area contributed by atoms with Crippen LogP contribution in [0.2, 0.25) is 0 Å². The zero-order valence-electron chi connectivity index (χ0n) is 8.49. The molecule has 15 heavy (non-hydrogen) atoms. The van der Waals surface area contributed by atoms with Gasteiger partial charge in [0, 0.05) is 0 Å². The Bertz CT molecular complexity index is 441. The third-order valence-corrected chi connectivity index (χ3v) is 2.80. The Hall–Kier alpha value is -1.82. The minimum Gasteiger partial charge on any atom is -0.465 e. The highest BCUT2D eigenvalue weighted by atomic mass is 16.5. The summed E-state index contributed by atoms with van der Waals surface area (Å²) in [6.07, 6.45) is 1.77. The van der Waals surface area contributed by atoms with Crippen LogP contribution in [0.3, 0.4) is 0 Å². The van der Waals surface area contributed by atoms with Gasteiger partial charge in [0.05, 0.1) is 24.2 Å². The zero-order chi connectivity index (χ0) is 10.9. The van der Waals surface area contributed by atoms with Crippen LogP contribution in [0.4, 0.5) is 0 Å². The molecule has 0 N–H and O–H groups in total. The molecule has 0 heterocycles. The first-order chi connectivity index (χ1) is 7.22. The number of rotatable bonds is 2. The van der Waals surface area contributed by atoms with Crippen molar-refractivity contribution in [1.82, 2.24) is 0 Å². The van der Waals surface area contributed by atoms with E-state index in [-0.39, 0.29) is 11.4 Å². The summed E-state index contributed by atoms with van der Waals surface area (Å²) >= 11 is 0. The maximum absolute atomic E-state index is 11.3. The summed E-state index contributed by atoms with van der Waals surface area (Å²) in [7, 11) is 1.35. The Morgan fingerprint density at radius 2 is 2.27 bits per heavy atom. The number of methoxy groups -OCH3 is 1. The number of nitrogens with zero attached hydrogens (tertiary/aromatic N) is 1. The minimum atomic E-state index is -0.356. The van der Waals surface area contributed by atoms with E-state index >= 15 is 0 Å². The van der Waals surface area contributed by atoms with Gasteiger partial charge in [-0.25, -0.2) is 4.79 Å². The zero-order valence-corrected chi connectivity index (χ0v) is 8.49. The predicted molar refractivity (Wildman–Crippen MR) is 54.3 cm³/mol. The molecule has 0 spiro atoms. The van der Waals surface area contributed by atoms with E-state index < -0.39 is 0 Å². The van der Waals surface area contributed by atoms with E-state index in [0.717, 1.165) is 18.4 Å². The molecule has 0 atom stereocenters. The molecule has 0 saturated heterocycles. The van der Waals surface area contributed by atoms with Crippen molar-refractivity contribution in [2.75, 3.05) is 7.11 Å². The van der Waals surface area contributed by atoms with Crippen LogP contribution < -0.4 is 0 Å².